The van der Waals surface area contributed by atoms with E-state index in [0.29, 0.717) is 16.1 Å². The van der Waals surface area contributed by atoms with Gasteiger partial charge in [-0.25, -0.2) is 4.98 Å². The zero-order valence-corrected chi connectivity index (χ0v) is 13.3. The molecule has 0 bridgehead atoms. The third-order valence-electron chi connectivity index (χ3n) is 4.14. The normalized spacial score (nSPS) is 18.8. The number of carbonyl (C=O) groups is 2. The molecule has 1 heterocycles. The van der Waals surface area contributed by atoms with Gasteiger partial charge in [0.25, 0.3) is 5.91 Å². The van der Waals surface area contributed by atoms with E-state index in [0.717, 1.165) is 44.2 Å². The van der Waals surface area contributed by atoms with E-state index in [1.54, 1.807) is 11.8 Å². The summed E-state index contributed by atoms with van der Waals surface area (Å²) in [6.45, 7) is 3.42. The van der Waals surface area contributed by atoms with Gasteiger partial charge in [-0.3, -0.25) is 14.5 Å². The highest BCUT2D eigenvalue weighted by molar-refractivity contribution is 7.17. The molecule has 0 aliphatic heterocycles. The molecule has 2 aliphatic rings. The van der Waals surface area contributed by atoms with E-state index >= 15 is 0 Å². The standard InChI is InChI=1S/C15H21N3O2S/c1-9-13(14(20)17-11-7-8-11)21-15(16-9)18(10(2)19)12-5-3-4-6-12/h11-12H,3-8H2,1-2H3,(H,17,20). The van der Waals surface area contributed by atoms with E-state index in [1.165, 1.54) is 11.3 Å². The number of carbonyl (C=O) groups excluding carboxylic acids is 2. The number of hydrogen-bond donors (Lipinski definition) is 1. The van der Waals surface area contributed by atoms with Gasteiger partial charge in [-0.1, -0.05) is 24.2 Å². The number of aromatic nitrogens is 1. The Bertz CT molecular complexity index is 559. The van der Waals surface area contributed by atoms with Crippen molar-refractivity contribution in [2.24, 2.45) is 0 Å². The molecule has 0 spiro atoms. The molecule has 2 fully saturated rings. The number of rotatable bonds is 4. The molecule has 114 valence electrons. The lowest BCUT2D eigenvalue weighted by molar-refractivity contribution is -0.117. The smallest absolute Gasteiger partial charge is 0.263 e. The van der Waals surface area contributed by atoms with Gasteiger partial charge in [-0.15, -0.1) is 0 Å². The Hall–Kier alpha value is -1.43. The second-order valence-electron chi connectivity index (χ2n) is 5.99. The molecule has 0 saturated heterocycles. The van der Waals surface area contributed by atoms with Gasteiger partial charge in [-0.05, 0) is 32.6 Å². The lowest BCUT2D eigenvalue weighted by Gasteiger charge is -2.24. The molecule has 3 rings (SSSR count). The number of anilines is 1. The minimum absolute atomic E-state index is 0.0183. The highest BCUT2D eigenvalue weighted by atomic mass is 32.1. The van der Waals surface area contributed by atoms with Crippen molar-refractivity contribution in [3.63, 3.8) is 0 Å². The fourth-order valence-electron chi connectivity index (χ4n) is 2.88. The van der Waals surface area contributed by atoms with Crippen molar-refractivity contribution in [2.75, 3.05) is 4.90 Å². The summed E-state index contributed by atoms with van der Waals surface area (Å²) in [6, 6.07) is 0.577. The lowest BCUT2D eigenvalue weighted by atomic mass is 10.2. The number of thiazole rings is 1. The molecule has 0 radical (unpaired) electrons. The molecule has 2 aliphatic carbocycles. The molecule has 6 heteroatoms. The molecular weight excluding hydrogens is 286 g/mol. The Balaban J connectivity index is 1.82. The van der Waals surface area contributed by atoms with Crippen molar-refractivity contribution in [1.82, 2.24) is 10.3 Å². The zero-order chi connectivity index (χ0) is 15.0. The maximum atomic E-state index is 12.2. The van der Waals surface area contributed by atoms with Gasteiger partial charge in [0, 0.05) is 19.0 Å². The number of amides is 2. The summed E-state index contributed by atoms with van der Waals surface area (Å²) in [4.78, 5) is 31.1. The molecule has 0 aromatic carbocycles. The highest BCUT2D eigenvalue weighted by Crippen LogP contribution is 2.33. The molecule has 1 aromatic heterocycles. The summed E-state index contributed by atoms with van der Waals surface area (Å²) in [5.41, 5.74) is 0.720. The first-order chi connectivity index (χ1) is 10.1. The lowest BCUT2D eigenvalue weighted by Crippen LogP contribution is -2.37. The van der Waals surface area contributed by atoms with E-state index in [9.17, 15) is 9.59 Å². The molecule has 2 amide bonds. The van der Waals surface area contributed by atoms with Crippen LogP contribution in [-0.2, 0) is 4.79 Å². The van der Waals surface area contributed by atoms with Gasteiger partial charge < -0.3 is 5.32 Å². The summed E-state index contributed by atoms with van der Waals surface area (Å²) in [6.07, 6.45) is 6.52. The van der Waals surface area contributed by atoms with Crippen LogP contribution in [0.5, 0.6) is 0 Å². The minimum Gasteiger partial charge on any atom is -0.349 e. The van der Waals surface area contributed by atoms with Gasteiger partial charge >= 0.3 is 0 Å². The Kier molecular flexibility index (Phi) is 3.97. The van der Waals surface area contributed by atoms with Crippen LogP contribution in [0.3, 0.4) is 0 Å². The second kappa shape index (κ2) is 5.75. The van der Waals surface area contributed by atoms with Crippen molar-refractivity contribution in [3.05, 3.63) is 10.6 Å². The number of nitrogens with one attached hydrogen (secondary N) is 1. The molecular formula is C15H21N3O2S. The van der Waals surface area contributed by atoms with Crippen molar-refractivity contribution in [2.45, 2.75) is 64.5 Å². The third-order valence-corrected chi connectivity index (χ3v) is 5.29. The molecule has 0 unspecified atom stereocenters. The molecule has 2 saturated carbocycles. The Morgan fingerprint density at radius 2 is 1.90 bits per heavy atom. The second-order valence-corrected chi connectivity index (χ2v) is 6.96. The molecule has 0 atom stereocenters. The molecule has 1 N–H and O–H groups in total. The fourth-order valence-corrected chi connectivity index (χ4v) is 3.97. The maximum absolute atomic E-state index is 12.2. The quantitative estimate of drug-likeness (QED) is 0.930. The summed E-state index contributed by atoms with van der Waals surface area (Å²) < 4.78 is 0. The summed E-state index contributed by atoms with van der Waals surface area (Å²) in [5.74, 6) is -0.0292. The van der Waals surface area contributed by atoms with Crippen LogP contribution in [0.1, 0.15) is 60.8 Å². The first kappa shape index (κ1) is 14.5. The van der Waals surface area contributed by atoms with Gasteiger partial charge in [-0.2, -0.15) is 0 Å². The first-order valence-electron chi connectivity index (χ1n) is 7.64. The van der Waals surface area contributed by atoms with E-state index in [4.69, 9.17) is 0 Å². The van der Waals surface area contributed by atoms with E-state index in [2.05, 4.69) is 10.3 Å². The van der Waals surface area contributed by atoms with Crippen LogP contribution >= 0.6 is 11.3 Å². The predicted octanol–water partition coefficient (Wildman–Crippen LogP) is 2.64. The fraction of sp³-hybridized carbons (Fsp3) is 0.667. The topological polar surface area (TPSA) is 62.3 Å². The van der Waals surface area contributed by atoms with Crippen molar-refractivity contribution >= 4 is 28.3 Å². The van der Waals surface area contributed by atoms with Crippen LogP contribution in [0.25, 0.3) is 0 Å². The SMILES string of the molecule is CC(=O)N(c1nc(C)c(C(=O)NC2CC2)s1)C1CCCC1. The minimum atomic E-state index is -0.0475. The average molecular weight is 307 g/mol. The van der Waals surface area contributed by atoms with Crippen molar-refractivity contribution in [1.29, 1.82) is 0 Å². The summed E-state index contributed by atoms with van der Waals surface area (Å²) >= 11 is 1.34. The summed E-state index contributed by atoms with van der Waals surface area (Å²) in [7, 11) is 0. The monoisotopic (exact) mass is 307 g/mol. The van der Waals surface area contributed by atoms with Crippen LogP contribution < -0.4 is 10.2 Å². The van der Waals surface area contributed by atoms with Gasteiger partial charge in [0.15, 0.2) is 5.13 Å². The molecule has 21 heavy (non-hydrogen) atoms. The maximum Gasteiger partial charge on any atom is 0.263 e. The van der Waals surface area contributed by atoms with Crippen LogP contribution in [0.2, 0.25) is 0 Å². The van der Waals surface area contributed by atoms with Crippen LogP contribution in [0.4, 0.5) is 5.13 Å². The van der Waals surface area contributed by atoms with Crippen molar-refractivity contribution < 1.29 is 9.59 Å². The van der Waals surface area contributed by atoms with Crippen LogP contribution in [0.15, 0.2) is 0 Å². The number of aryl methyl sites for hydroxylation is 1. The Labute approximate surface area is 128 Å². The van der Waals surface area contributed by atoms with Crippen LogP contribution in [0, 0.1) is 6.92 Å². The van der Waals surface area contributed by atoms with E-state index in [1.807, 2.05) is 6.92 Å². The van der Waals surface area contributed by atoms with Gasteiger partial charge in [0.05, 0.1) is 5.69 Å². The van der Waals surface area contributed by atoms with Crippen molar-refractivity contribution in [3.8, 4) is 0 Å². The Morgan fingerprint density at radius 3 is 2.48 bits per heavy atom. The zero-order valence-electron chi connectivity index (χ0n) is 12.5. The predicted molar refractivity (Wildman–Crippen MR) is 82.8 cm³/mol. The third kappa shape index (κ3) is 3.10. The largest absolute Gasteiger partial charge is 0.349 e. The van der Waals surface area contributed by atoms with Gasteiger partial charge in [0.1, 0.15) is 4.88 Å². The highest BCUT2D eigenvalue weighted by Gasteiger charge is 2.31. The first-order valence-corrected chi connectivity index (χ1v) is 8.46. The molecule has 1 aromatic rings. The molecule has 5 nitrogen and oxygen atoms in total. The number of hydrogen-bond acceptors (Lipinski definition) is 4. The average Bonchev–Trinajstić information content (AvgIpc) is 2.93. The summed E-state index contributed by atoms with van der Waals surface area (Å²) in [5, 5.41) is 3.66. The number of nitrogens with zero attached hydrogens (tertiary/aromatic N) is 2. The van der Waals surface area contributed by atoms with Crippen LogP contribution in [-0.4, -0.2) is 28.9 Å². The van der Waals surface area contributed by atoms with E-state index in [-0.39, 0.29) is 17.9 Å². The van der Waals surface area contributed by atoms with Gasteiger partial charge in [0.2, 0.25) is 5.91 Å². The Morgan fingerprint density at radius 1 is 1.24 bits per heavy atom. The van der Waals surface area contributed by atoms with E-state index < -0.39 is 0 Å².